The summed E-state index contributed by atoms with van der Waals surface area (Å²) in [5.74, 6) is 0.170. The molecule has 1 atom stereocenters. The zero-order valence-corrected chi connectivity index (χ0v) is 17.9. The summed E-state index contributed by atoms with van der Waals surface area (Å²) in [5.41, 5.74) is 3.05. The fourth-order valence-corrected chi connectivity index (χ4v) is 4.41. The molecule has 0 N–H and O–H groups in total. The van der Waals surface area contributed by atoms with Gasteiger partial charge in [-0.3, -0.25) is 4.79 Å². The summed E-state index contributed by atoms with van der Waals surface area (Å²) < 4.78 is 13.1. The van der Waals surface area contributed by atoms with Crippen LogP contribution >= 0.6 is 11.6 Å². The van der Waals surface area contributed by atoms with E-state index in [9.17, 15) is 4.79 Å². The lowest BCUT2D eigenvalue weighted by molar-refractivity contribution is -0.0969. The third-order valence-corrected chi connectivity index (χ3v) is 6.10. The summed E-state index contributed by atoms with van der Waals surface area (Å²) in [4.78, 5) is 15.5. The van der Waals surface area contributed by atoms with Crippen molar-refractivity contribution in [3.8, 4) is 16.9 Å². The van der Waals surface area contributed by atoms with E-state index < -0.39 is 0 Å². The molecule has 6 nitrogen and oxygen atoms in total. The highest BCUT2D eigenvalue weighted by Gasteiger charge is 2.34. The van der Waals surface area contributed by atoms with E-state index in [2.05, 4.69) is 0 Å². The monoisotopic (exact) mass is 437 g/mol. The quantitative estimate of drug-likeness (QED) is 0.606. The minimum absolute atomic E-state index is 0.0285. The molecule has 31 heavy (non-hydrogen) atoms. The molecule has 2 aromatic carbocycles. The number of piperidine rings is 1. The molecule has 0 aliphatic carbocycles. The fraction of sp³-hybridized carbons (Fsp3) is 0.333. The first-order valence-corrected chi connectivity index (χ1v) is 11.0. The number of para-hydroxylation sites is 1. The van der Waals surface area contributed by atoms with E-state index in [-0.39, 0.29) is 18.1 Å². The molecule has 1 unspecified atom stereocenters. The van der Waals surface area contributed by atoms with Crippen molar-refractivity contribution < 1.29 is 14.3 Å². The van der Waals surface area contributed by atoms with Gasteiger partial charge in [-0.1, -0.05) is 41.9 Å². The van der Waals surface area contributed by atoms with Gasteiger partial charge in [0.05, 0.1) is 24.6 Å². The van der Waals surface area contributed by atoms with Crippen molar-refractivity contribution in [2.45, 2.75) is 19.1 Å². The van der Waals surface area contributed by atoms with Gasteiger partial charge >= 0.3 is 0 Å². The van der Waals surface area contributed by atoms with Crippen molar-refractivity contribution in [1.29, 1.82) is 0 Å². The number of amides is 1. The summed E-state index contributed by atoms with van der Waals surface area (Å²) in [6, 6.07) is 19.1. The number of hydrogen-bond donors (Lipinski definition) is 0. The van der Waals surface area contributed by atoms with Crippen LogP contribution in [0.1, 0.15) is 23.3 Å². The first-order valence-electron chi connectivity index (χ1n) is 10.6. The van der Waals surface area contributed by atoms with Crippen LogP contribution in [0.3, 0.4) is 0 Å². The van der Waals surface area contributed by atoms with Crippen LogP contribution in [0.2, 0.25) is 5.02 Å². The highest BCUT2D eigenvalue weighted by Crippen LogP contribution is 2.28. The van der Waals surface area contributed by atoms with Crippen LogP contribution in [0.5, 0.6) is 0 Å². The molecular weight excluding hydrogens is 414 g/mol. The van der Waals surface area contributed by atoms with E-state index in [0.29, 0.717) is 30.5 Å². The van der Waals surface area contributed by atoms with Gasteiger partial charge < -0.3 is 14.4 Å². The Morgan fingerprint density at radius 3 is 2.52 bits per heavy atom. The maximum absolute atomic E-state index is 13.6. The van der Waals surface area contributed by atoms with Crippen LogP contribution < -0.4 is 0 Å². The van der Waals surface area contributed by atoms with Gasteiger partial charge in [-0.25, -0.2) is 4.68 Å². The molecule has 160 valence electrons. The molecule has 1 aromatic heterocycles. The Bertz CT molecular complexity index is 1050. The SMILES string of the molecule is O=C(c1cc(-c2ccc(Cl)cc2)nn1-c1ccccc1)N1CCCC(C2OCCO2)C1. The fourth-order valence-electron chi connectivity index (χ4n) is 4.29. The Labute approximate surface area is 186 Å². The molecule has 0 bridgehead atoms. The Morgan fingerprint density at radius 2 is 1.77 bits per heavy atom. The molecule has 3 aromatic rings. The van der Waals surface area contributed by atoms with E-state index in [4.69, 9.17) is 26.2 Å². The van der Waals surface area contributed by atoms with Crippen molar-refractivity contribution in [1.82, 2.24) is 14.7 Å². The van der Waals surface area contributed by atoms with Gasteiger partial charge in [-0.05, 0) is 43.2 Å². The number of ether oxygens (including phenoxy) is 2. The zero-order chi connectivity index (χ0) is 21.2. The number of benzene rings is 2. The maximum atomic E-state index is 13.6. The predicted octanol–water partition coefficient (Wildman–Crippen LogP) is 4.42. The maximum Gasteiger partial charge on any atom is 0.272 e. The number of aromatic nitrogens is 2. The van der Waals surface area contributed by atoms with Gasteiger partial charge in [0.2, 0.25) is 0 Å². The average molecular weight is 438 g/mol. The third kappa shape index (κ3) is 4.24. The van der Waals surface area contributed by atoms with E-state index in [1.54, 1.807) is 4.68 Å². The van der Waals surface area contributed by atoms with Gasteiger partial charge in [0, 0.05) is 29.6 Å². The second kappa shape index (κ2) is 8.83. The molecule has 7 heteroatoms. The second-order valence-electron chi connectivity index (χ2n) is 7.93. The summed E-state index contributed by atoms with van der Waals surface area (Å²) >= 11 is 6.04. The Balaban J connectivity index is 1.48. The highest BCUT2D eigenvalue weighted by atomic mass is 35.5. The van der Waals surface area contributed by atoms with Crippen LogP contribution in [-0.4, -0.2) is 53.2 Å². The first kappa shape index (κ1) is 20.2. The number of carbonyl (C=O) groups is 1. The number of carbonyl (C=O) groups excluding carboxylic acids is 1. The van der Waals surface area contributed by atoms with Crippen LogP contribution in [0.15, 0.2) is 60.7 Å². The van der Waals surface area contributed by atoms with Crippen molar-refractivity contribution in [3.63, 3.8) is 0 Å². The molecule has 0 spiro atoms. The molecule has 3 heterocycles. The van der Waals surface area contributed by atoms with Gasteiger partial charge in [-0.15, -0.1) is 0 Å². The van der Waals surface area contributed by atoms with Gasteiger partial charge in [0.25, 0.3) is 5.91 Å². The lowest BCUT2D eigenvalue weighted by Gasteiger charge is -2.34. The second-order valence-corrected chi connectivity index (χ2v) is 8.37. The summed E-state index contributed by atoms with van der Waals surface area (Å²) in [6.07, 6.45) is 1.73. The number of rotatable bonds is 4. The van der Waals surface area contributed by atoms with Crippen LogP contribution in [0.4, 0.5) is 0 Å². The lowest BCUT2D eigenvalue weighted by Crippen LogP contribution is -2.44. The summed E-state index contributed by atoms with van der Waals surface area (Å²) in [7, 11) is 0. The van der Waals surface area contributed by atoms with Gasteiger partial charge in [0.15, 0.2) is 6.29 Å². The van der Waals surface area contributed by atoms with E-state index in [1.807, 2.05) is 65.6 Å². The molecule has 0 saturated carbocycles. The Morgan fingerprint density at radius 1 is 1.03 bits per heavy atom. The zero-order valence-electron chi connectivity index (χ0n) is 17.1. The third-order valence-electron chi connectivity index (χ3n) is 5.85. The average Bonchev–Trinajstić information content (AvgIpc) is 3.51. The molecule has 2 aliphatic rings. The number of hydrogen-bond acceptors (Lipinski definition) is 4. The number of nitrogens with zero attached hydrogens (tertiary/aromatic N) is 3. The molecule has 2 aliphatic heterocycles. The molecule has 2 saturated heterocycles. The largest absolute Gasteiger partial charge is 0.350 e. The topological polar surface area (TPSA) is 56.6 Å². The summed E-state index contributed by atoms with van der Waals surface area (Å²) in [5, 5.41) is 5.43. The normalized spacial score (nSPS) is 19.6. The molecular formula is C24H24ClN3O3. The Kier molecular flexibility index (Phi) is 5.76. The lowest BCUT2D eigenvalue weighted by atomic mass is 9.97. The van der Waals surface area contributed by atoms with E-state index in [0.717, 1.165) is 36.3 Å². The minimum atomic E-state index is -0.209. The van der Waals surface area contributed by atoms with Crippen LogP contribution in [0.25, 0.3) is 16.9 Å². The standard InChI is InChI=1S/C24H24ClN3O3/c25-19-10-8-17(9-11-19)21-15-22(28(26-21)20-6-2-1-3-7-20)23(29)27-12-4-5-18(16-27)24-30-13-14-31-24/h1-3,6-11,15,18,24H,4-5,12-14,16H2. The van der Waals surface area contributed by atoms with Crippen LogP contribution in [0, 0.1) is 5.92 Å². The van der Waals surface area contributed by atoms with E-state index in [1.165, 1.54) is 0 Å². The first-order chi connectivity index (χ1) is 15.2. The number of likely N-dealkylation sites (tertiary alicyclic amines) is 1. The molecule has 5 rings (SSSR count). The highest BCUT2D eigenvalue weighted by molar-refractivity contribution is 6.30. The predicted molar refractivity (Wildman–Crippen MR) is 118 cm³/mol. The van der Waals surface area contributed by atoms with E-state index >= 15 is 0 Å². The van der Waals surface area contributed by atoms with Gasteiger partial charge in [-0.2, -0.15) is 5.10 Å². The Hall–Kier alpha value is -2.67. The van der Waals surface area contributed by atoms with Crippen molar-refractivity contribution >= 4 is 17.5 Å². The van der Waals surface area contributed by atoms with Crippen molar-refractivity contribution in [3.05, 3.63) is 71.4 Å². The molecule has 0 radical (unpaired) electrons. The van der Waals surface area contributed by atoms with Gasteiger partial charge in [0.1, 0.15) is 5.69 Å². The van der Waals surface area contributed by atoms with Crippen molar-refractivity contribution in [2.24, 2.45) is 5.92 Å². The van der Waals surface area contributed by atoms with Crippen LogP contribution in [-0.2, 0) is 9.47 Å². The molecule has 1 amide bonds. The van der Waals surface area contributed by atoms with Crippen molar-refractivity contribution in [2.75, 3.05) is 26.3 Å². The minimum Gasteiger partial charge on any atom is -0.350 e. The summed E-state index contributed by atoms with van der Waals surface area (Å²) in [6.45, 7) is 2.60. The smallest absolute Gasteiger partial charge is 0.272 e. The molecule has 2 fully saturated rings. The number of halogens is 1.